The van der Waals surface area contributed by atoms with Crippen molar-refractivity contribution in [1.29, 1.82) is 5.26 Å². The van der Waals surface area contributed by atoms with Gasteiger partial charge in [-0.05, 0) is 48.7 Å². The van der Waals surface area contributed by atoms with Crippen LogP contribution in [0, 0.1) is 10.7 Å². The highest BCUT2D eigenvalue weighted by molar-refractivity contribution is 8.03. The standard InChI is InChI=1S/C25H37N5O6S/c26-19-37-22-7-5-20(6-8-22)3-1-2-4-21(27-15-23(31)32)16-28-9-11-29(17-24(33)34)13-14-30(12-10-28)18-25(35)36/h5-8,21,27H,1-4,9-18H2,(H,31,32)(H,33,34)(H,35,36). The SMILES string of the molecule is N#CSc1ccc(CCCCC(CN2CCN(CC(=O)O)CCN(CC(=O)O)CC2)NCC(=O)O)cc1. The van der Waals surface area contributed by atoms with Crippen molar-refractivity contribution in [3.63, 3.8) is 0 Å². The predicted molar refractivity (Wildman–Crippen MR) is 139 cm³/mol. The molecule has 37 heavy (non-hydrogen) atoms. The number of thioether (sulfide) groups is 1. The highest BCUT2D eigenvalue weighted by Crippen LogP contribution is 2.18. The molecule has 4 N–H and O–H groups in total. The zero-order chi connectivity index (χ0) is 27.0. The number of carboxylic acid groups (broad SMARTS) is 3. The number of nitrogens with one attached hydrogen (secondary N) is 1. The fraction of sp³-hybridized carbons (Fsp3) is 0.600. The Hall–Kier alpha value is -2.69. The van der Waals surface area contributed by atoms with Crippen LogP contribution in [-0.2, 0) is 20.8 Å². The number of thiocyanates is 1. The van der Waals surface area contributed by atoms with E-state index in [1.54, 1.807) is 0 Å². The normalized spacial score (nSPS) is 16.7. The van der Waals surface area contributed by atoms with Crippen LogP contribution >= 0.6 is 11.8 Å². The van der Waals surface area contributed by atoms with Crippen molar-refractivity contribution in [2.24, 2.45) is 0 Å². The molecule has 0 radical (unpaired) electrons. The maximum Gasteiger partial charge on any atom is 0.317 e. The molecule has 0 aliphatic carbocycles. The quantitative estimate of drug-likeness (QED) is 0.144. The van der Waals surface area contributed by atoms with Gasteiger partial charge in [-0.25, -0.2) is 0 Å². The summed E-state index contributed by atoms with van der Waals surface area (Å²) in [7, 11) is 0. The molecular formula is C25H37N5O6S. The molecule has 1 fully saturated rings. The van der Waals surface area contributed by atoms with Gasteiger partial charge in [0.2, 0.25) is 0 Å². The predicted octanol–water partition coefficient (Wildman–Crippen LogP) is 1.10. The van der Waals surface area contributed by atoms with Crippen LogP contribution in [0.3, 0.4) is 0 Å². The maximum absolute atomic E-state index is 11.3. The largest absolute Gasteiger partial charge is 0.480 e. The summed E-state index contributed by atoms with van der Waals surface area (Å²) in [5.74, 6) is -2.77. The maximum atomic E-state index is 11.3. The van der Waals surface area contributed by atoms with Gasteiger partial charge in [-0.1, -0.05) is 18.6 Å². The summed E-state index contributed by atoms with van der Waals surface area (Å²) < 4.78 is 0. The van der Waals surface area contributed by atoms with E-state index in [2.05, 4.69) is 15.6 Å². The van der Waals surface area contributed by atoms with Gasteiger partial charge in [0.1, 0.15) is 5.40 Å². The smallest absolute Gasteiger partial charge is 0.317 e. The van der Waals surface area contributed by atoms with E-state index in [9.17, 15) is 29.7 Å². The Morgan fingerprint density at radius 1 is 0.865 bits per heavy atom. The molecule has 1 heterocycles. The molecule has 0 amide bonds. The van der Waals surface area contributed by atoms with E-state index < -0.39 is 17.9 Å². The van der Waals surface area contributed by atoms with Gasteiger partial charge < -0.3 is 20.6 Å². The fourth-order valence-corrected chi connectivity index (χ4v) is 4.74. The summed E-state index contributed by atoms with van der Waals surface area (Å²) in [6.07, 6.45) is 3.51. The molecule has 2 rings (SSSR count). The molecule has 1 unspecified atom stereocenters. The van der Waals surface area contributed by atoms with Crippen molar-refractivity contribution in [3.05, 3.63) is 29.8 Å². The average Bonchev–Trinajstić information content (AvgIpc) is 2.92. The Kier molecular flexibility index (Phi) is 14.0. The van der Waals surface area contributed by atoms with Crippen molar-refractivity contribution in [1.82, 2.24) is 20.0 Å². The summed E-state index contributed by atoms with van der Waals surface area (Å²) in [5, 5.41) is 41.6. The molecule has 1 aromatic carbocycles. The third-order valence-corrected chi connectivity index (χ3v) is 6.89. The number of aliphatic carboxylic acids is 3. The number of hydrogen-bond acceptors (Lipinski definition) is 9. The first kappa shape index (κ1) is 30.5. The van der Waals surface area contributed by atoms with Gasteiger partial charge in [-0.3, -0.25) is 29.1 Å². The van der Waals surface area contributed by atoms with E-state index in [-0.39, 0.29) is 25.7 Å². The van der Waals surface area contributed by atoms with Gasteiger partial charge in [0.25, 0.3) is 0 Å². The second-order valence-electron chi connectivity index (χ2n) is 9.20. The van der Waals surface area contributed by atoms with Gasteiger partial charge in [-0.2, -0.15) is 5.26 Å². The van der Waals surface area contributed by atoms with E-state index in [0.717, 1.165) is 42.3 Å². The monoisotopic (exact) mass is 535 g/mol. The van der Waals surface area contributed by atoms with Gasteiger partial charge in [0, 0.05) is 56.8 Å². The average molecular weight is 536 g/mol. The molecule has 0 aromatic heterocycles. The zero-order valence-corrected chi connectivity index (χ0v) is 21.9. The minimum absolute atomic E-state index is 0.0629. The molecule has 1 aliphatic heterocycles. The lowest BCUT2D eigenvalue weighted by Crippen LogP contribution is -2.46. The Bertz CT molecular complexity index is 882. The van der Waals surface area contributed by atoms with Crippen molar-refractivity contribution in [2.45, 2.75) is 36.6 Å². The first-order valence-electron chi connectivity index (χ1n) is 12.5. The molecule has 1 atom stereocenters. The zero-order valence-electron chi connectivity index (χ0n) is 21.0. The summed E-state index contributed by atoms with van der Waals surface area (Å²) in [6, 6.07) is 7.86. The second-order valence-corrected chi connectivity index (χ2v) is 10.1. The molecule has 0 spiro atoms. The number of nitrogens with zero attached hydrogens (tertiary/aromatic N) is 4. The van der Waals surface area contributed by atoms with Gasteiger partial charge in [0.15, 0.2) is 0 Å². The highest BCUT2D eigenvalue weighted by atomic mass is 32.2. The number of carboxylic acids is 3. The van der Waals surface area contributed by atoms with E-state index in [1.807, 2.05) is 34.1 Å². The number of unbranched alkanes of at least 4 members (excludes halogenated alkanes) is 1. The minimum Gasteiger partial charge on any atom is -0.480 e. The number of aryl methyl sites for hydroxylation is 1. The number of hydrogen-bond donors (Lipinski definition) is 4. The molecule has 0 saturated carbocycles. The van der Waals surface area contributed by atoms with E-state index >= 15 is 0 Å². The molecule has 1 aromatic rings. The Balaban J connectivity index is 1.95. The Morgan fingerprint density at radius 3 is 1.89 bits per heavy atom. The first-order valence-corrected chi connectivity index (χ1v) is 13.3. The van der Waals surface area contributed by atoms with Crippen LogP contribution in [0.2, 0.25) is 0 Å². The second kappa shape index (κ2) is 16.9. The molecule has 12 heteroatoms. The Labute approximate surface area is 222 Å². The third-order valence-electron chi connectivity index (χ3n) is 6.29. The minimum atomic E-state index is -0.926. The summed E-state index contributed by atoms with van der Waals surface area (Å²) >= 11 is 1.13. The molecule has 1 saturated heterocycles. The lowest BCUT2D eigenvalue weighted by atomic mass is 10.0. The van der Waals surface area contributed by atoms with E-state index in [0.29, 0.717) is 45.8 Å². The van der Waals surface area contributed by atoms with E-state index in [4.69, 9.17) is 5.26 Å². The fourth-order valence-electron chi connectivity index (χ4n) is 4.36. The van der Waals surface area contributed by atoms with Crippen LogP contribution < -0.4 is 5.32 Å². The van der Waals surface area contributed by atoms with E-state index in [1.165, 1.54) is 5.56 Å². The molecular weight excluding hydrogens is 498 g/mol. The molecule has 1 aliphatic rings. The lowest BCUT2D eigenvalue weighted by molar-refractivity contribution is -0.140. The van der Waals surface area contributed by atoms with Crippen LogP contribution in [0.5, 0.6) is 0 Å². The van der Waals surface area contributed by atoms with Gasteiger partial charge in [-0.15, -0.1) is 0 Å². The number of nitriles is 1. The van der Waals surface area contributed by atoms with Crippen LogP contribution in [-0.4, -0.2) is 119 Å². The van der Waals surface area contributed by atoms with Crippen LogP contribution in [0.1, 0.15) is 24.8 Å². The van der Waals surface area contributed by atoms with Gasteiger partial charge >= 0.3 is 17.9 Å². The van der Waals surface area contributed by atoms with Crippen LogP contribution in [0.25, 0.3) is 0 Å². The van der Waals surface area contributed by atoms with Crippen molar-refractivity contribution >= 4 is 29.7 Å². The Morgan fingerprint density at radius 2 is 1.41 bits per heavy atom. The number of rotatable bonds is 15. The molecule has 11 nitrogen and oxygen atoms in total. The summed E-state index contributed by atoms with van der Waals surface area (Å²) in [5.41, 5.74) is 1.19. The number of benzene rings is 1. The first-order chi connectivity index (χ1) is 17.7. The lowest BCUT2D eigenvalue weighted by Gasteiger charge is -2.29. The topological polar surface area (TPSA) is 157 Å². The summed E-state index contributed by atoms with van der Waals surface area (Å²) in [4.78, 5) is 40.5. The summed E-state index contributed by atoms with van der Waals surface area (Å²) in [6.45, 7) is 3.50. The van der Waals surface area contributed by atoms with Gasteiger partial charge in [0.05, 0.1) is 19.6 Å². The van der Waals surface area contributed by atoms with Crippen molar-refractivity contribution in [2.75, 3.05) is 65.4 Å². The van der Waals surface area contributed by atoms with Crippen LogP contribution in [0.4, 0.5) is 0 Å². The molecule has 0 bridgehead atoms. The number of carbonyl (C=O) groups is 3. The van der Waals surface area contributed by atoms with Crippen LogP contribution in [0.15, 0.2) is 29.2 Å². The van der Waals surface area contributed by atoms with Crippen molar-refractivity contribution in [3.8, 4) is 5.40 Å². The highest BCUT2D eigenvalue weighted by Gasteiger charge is 2.21. The molecule has 204 valence electrons. The third kappa shape index (κ3) is 13.4. The van der Waals surface area contributed by atoms with Crippen molar-refractivity contribution < 1.29 is 29.7 Å².